The fraction of sp³-hybridized carbons (Fsp3) is 0.412. The molecule has 0 aliphatic carbocycles. The number of aryl methyl sites for hydroxylation is 1. The number of hydrogen-bond acceptors (Lipinski definition) is 3. The molecule has 3 N–H and O–H groups in total. The third-order valence-electron chi connectivity index (χ3n) is 3.58. The molecule has 1 aromatic carbocycles. The van der Waals surface area contributed by atoms with E-state index in [9.17, 15) is 5.11 Å². The number of aliphatic imine (C=N–C) groups is 1. The van der Waals surface area contributed by atoms with Gasteiger partial charge in [-0.2, -0.15) is 5.10 Å². The fourth-order valence-corrected chi connectivity index (χ4v) is 2.42. The van der Waals surface area contributed by atoms with Gasteiger partial charge in [0.2, 0.25) is 0 Å². The Bertz CT molecular complexity index is 696. The molecule has 0 aliphatic rings. The smallest absolute Gasteiger partial charge is 0.191 e. The zero-order valence-corrected chi connectivity index (χ0v) is 15.0. The monoisotopic (exact) mass is 349 g/mol. The second-order valence-electron chi connectivity index (χ2n) is 5.86. The maximum atomic E-state index is 10.6. The molecule has 1 aromatic heterocycles. The number of rotatable bonds is 6. The first-order valence-electron chi connectivity index (χ1n) is 7.89. The van der Waals surface area contributed by atoms with Crippen LogP contribution in [0.1, 0.15) is 25.0 Å². The van der Waals surface area contributed by atoms with Gasteiger partial charge in [0.25, 0.3) is 0 Å². The van der Waals surface area contributed by atoms with E-state index in [1.54, 1.807) is 24.0 Å². The minimum Gasteiger partial charge on any atom is -0.383 e. The highest BCUT2D eigenvalue weighted by atomic mass is 35.5. The molecule has 2 aromatic rings. The normalized spacial score (nSPS) is 14.3. The van der Waals surface area contributed by atoms with Crippen molar-refractivity contribution >= 4 is 17.6 Å². The van der Waals surface area contributed by atoms with Crippen LogP contribution in [-0.4, -0.2) is 33.9 Å². The first-order valence-corrected chi connectivity index (χ1v) is 8.26. The zero-order chi connectivity index (χ0) is 17.6. The molecule has 0 bridgehead atoms. The lowest BCUT2D eigenvalue weighted by Crippen LogP contribution is -2.44. The van der Waals surface area contributed by atoms with Gasteiger partial charge in [-0.15, -0.1) is 0 Å². The van der Waals surface area contributed by atoms with Crippen molar-refractivity contribution in [1.29, 1.82) is 0 Å². The number of aromatic nitrogens is 2. The Morgan fingerprint density at radius 3 is 2.83 bits per heavy atom. The van der Waals surface area contributed by atoms with Crippen LogP contribution >= 0.6 is 11.6 Å². The third-order valence-corrected chi connectivity index (χ3v) is 3.81. The summed E-state index contributed by atoms with van der Waals surface area (Å²) in [7, 11) is 1.82. The summed E-state index contributed by atoms with van der Waals surface area (Å²) in [6.45, 7) is 5.30. The van der Waals surface area contributed by atoms with Crippen LogP contribution in [0.2, 0.25) is 5.02 Å². The van der Waals surface area contributed by atoms with Gasteiger partial charge in [-0.25, -0.2) is 4.99 Å². The van der Waals surface area contributed by atoms with E-state index in [-0.39, 0.29) is 0 Å². The van der Waals surface area contributed by atoms with Crippen molar-refractivity contribution < 1.29 is 5.11 Å². The number of guanidine groups is 1. The summed E-state index contributed by atoms with van der Waals surface area (Å²) in [6.07, 6.45) is 3.47. The standard InChI is InChI=1S/C17H24ClN5O/c1-4-19-16(20-9-13-6-5-7-15(18)8-13)21-12-17(2,24)14-10-22-23(3)11-14/h5-8,10-11,24H,4,9,12H2,1-3H3,(H2,19,20,21). The Morgan fingerprint density at radius 2 is 2.21 bits per heavy atom. The van der Waals surface area contributed by atoms with Gasteiger partial charge in [-0.3, -0.25) is 4.68 Å². The summed E-state index contributed by atoms with van der Waals surface area (Å²) in [4.78, 5) is 4.53. The number of aliphatic hydroxyl groups is 1. The van der Waals surface area contributed by atoms with Crippen molar-refractivity contribution in [2.45, 2.75) is 26.0 Å². The second-order valence-corrected chi connectivity index (χ2v) is 6.29. The average molecular weight is 350 g/mol. The van der Waals surface area contributed by atoms with E-state index in [1.807, 2.05) is 38.2 Å². The lowest BCUT2D eigenvalue weighted by molar-refractivity contribution is 0.0616. The minimum absolute atomic E-state index is 0.320. The molecule has 1 unspecified atom stereocenters. The highest BCUT2D eigenvalue weighted by molar-refractivity contribution is 6.30. The maximum absolute atomic E-state index is 10.6. The van der Waals surface area contributed by atoms with E-state index in [4.69, 9.17) is 11.6 Å². The topological polar surface area (TPSA) is 74.5 Å². The van der Waals surface area contributed by atoms with E-state index in [0.29, 0.717) is 24.1 Å². The highest BCUT2D eigenvalue weighted by Crippen LogP contribution is 2.18. The van der Waals surface area contributed by atoms with Gasteiger partial charge in [0.05, 0.1) is 19.3 Å². The molecule has 0 amide bonds. The summed E-state index contributed by atoms with van der Waals surface area (Å²) < 4.78 is 1.67. The van der Waals surface area contributed by atoms with Crippen LogP contribution in [0, 0.1) is 0 Å². The van der Waals surface area contributed by atoms with Crippen LogP contribution in [0.4, 0.5) is 0 Å². The van der Waals surface area contributed by atoms with Crippen molar-refractivity contribution in [3.63, 3.8) is 0 Å². The van der Waals surface area contributed by atoms with E-state index < -0.39 is 5.60 Å². The molecule has 24 heavy (non-hydrogen) atoms. The van der Waals surface area contributed by atoms with Crippen molar-refractivity contribution in [3.05, 3.63) is 52.8 Å². The molecule has 0 spiro atoms. The molecule has 0 fully saturated rings. The number of hydrogen-bond donors (Lipinski definition) is 3. The first kappa shape index (κ1) is 18.3. The van der Waals surface area contributed by atoms with Gasteiger partial charge in [0.1, 0.15) is 5.60 Å². The maximum Gasteiger partial charge on any atom is 0.191 e. The van der Waals surface area contributed by atoms with E-state index in [0.717, 1.165) is 17.7 Å². The fourth-order valence-electron chi connectivity index (χ4n) is 2.20. The quantitative estimate of drug-likeness (QED) is 0.551. The number of halogens is 1. The van der Waals surface area contributed by atoms with Crippen molar-refractivity contribution in [2.75, 3.05) is 13.1 Å². The highest BCUT2D eigenvalue weighted by Gasteiger charge is 2.24. The number of benzene rings is 1. The van der Waals surface area contributed by atoms with Gasteiger partial charge in [-0.1, -0.05) is 23.7 Å². The largest absolute Gasteiger partial charge is 0.383 e. The molecular formula is C17H24ClN5O. The van der Waals surface area contributed by atoms with E-state index in [1.165, 1.54) is 0 Å². The Hall–Kier alpha value is -2.05. The Kier molecular flexibility index (Phi) is 6.23. The second kappa shape index (κ2) is 8.17. The van der Waals surface area contributed by atoms with Crippen molar-refractivity contribution in [3.8, 4) is 0 Å². The molecule has 0 saturated heterocycles. The molecule has 130 valence electrons. The van der Waals surface area contributed by atoms with Gasteiger partial charge in [0, 0.05) is 30.4 Å². The Morgan fingerprint density at radius 1 is 1.42 bits per heavy atom. The number of nitrogens with zero attached hydrogens (tertiary/aromatic N) is 3. The van der Waals surface area contributed by atoms with E-state index >= 15 is 0 Å². The lowest BCUT2D eigenvalue weighted by atomic mass is 10.00. The Labute approximate surface area is 147 Å². The van der Waals surface area contributed by atoms with Gasteiger partial charge < -0.3 is 15.7 Å². The molecule has 6 nitrogen and oxygen atoms in total. The van der Waals surface area contributed by atoms with Crippen LogP contribution in [-0.2, 0) is 19.2 Å². The summed E-state index contributed by atoms with van der Waals surface area (Å²) in [5.74, 6) is 0.640. The molecule has 0 radical (unpaired) electrons. The number of nitrogens with one attached hydrogen (secondary N) is 2. The molecule has 0 saturated carbocycles. The van der Waals surface area contributed by atoms with Crippen LogP contribution in [0.25, 0.3) is 0 Å². The molecule has 2 rings (SSSR count). The van der Waals surface area contributed by atoms with E-state index in [2.05, 4.69) is 20.7 Å². The van der Waals surface area contributed by atoms with Crippen LogP contribution in [0.15, 0.2) is 41.7 Å². The minimum atomic E-state index is -1.04. The SMILES string of the molecule is CCNC(=NCc1cccc(Cl)c1)NCC(C)(O)c1cnn(C)c1. The van der Waals surface area contributed by atoms with Crippen LogP contribution < -0.4 is 10.6 Å². The summed E-state index contributed by atoms with van der Waals surface area (Å²) in [5, 5.41) is 21.8. The van der Waals surface area contributed by atoms with Gasteiger partial charge >= 0.3 is 0 Å². The molecule has 1 atom stereocenters. The summed E-state index contributed by atoms with van der Waals surface area (Å²) in [5.41, 5.74) is 0.738. The third kappa shape index (κ3) is 5.25. The zero-order valence-electron chi connectivity index (χ0n) is 14.3. The van der Waals surface area contributed by atoms with Crippen LogP contribution in [0.3, 0.4) is 0 Å². The molecule has 1 heterocycles. The predicted molar refractivity (Wildman–Crippen MR) is 97.0 cm³/mol. The molecule has 0 aliphatic heterocycles. The molecule has 7 heteroatoms. The van der Waals surface area contributed by atoms with Gasteiger partial charge in [0.15, 0.2) is 5.96 Å². The van der Waals surface area contributed by atoms with Gasteiger partial charge in [-0.05, 0) is 31.5 Å². The predicted octanol–water partition coefficient (Wildman–Crippen LogP) is 2.04. The average Bonchev–Trinajstić information content (AvgIpc) is 2.98. The van der Waals surface area contributed by atoms with Crippen LogP contribution in [0.5, 0.6) is 0 Å². The van der Waals surface area contributed by atoms with Crippen molar-refractivity contribution in [2.24, 2.45) is 12.0 Å². The molecular weight excluding hydrogens is 326 g/mol. The summed E-state index contributed by atoms with van der Waals surface area (Å²) >= 11 is 5.99. The first-order chi connectivity index (χ1) is 11.4. The van der Waals surface area contributed by atoms with Crippen molar-refractivity contribution in [1.82, 2.24) is 20.4 Å². The summed E-state index contributed by atoms with van der Waals surface area (Å²) in [6, 6.07) is 7.61. The Balaban J connectivity index is 2.01. The lowest BCUT2D eigenvalue weighted by Gasteiger charge is -2.23.